The Labute approximate surface area is 117 Å². The maximum Gasteiger partial charge on any atom is 0.252 e. The van der Waals surface area contributed by atoms with Gasteiger partial charge in [0.15, 0.2) is 0 Å². The van der Waals surface area contributed by atoms with Crippen LogP contribution in [-0.2, 0) is 12.8 Å². The zero-order valence-corrected chi connectivity index (χ0v) is 11.3. The van der Waals surface area contributed by atoms with Gasteiger partial charge in [0.2, 0.25) is 5.56 Å². The molecule has 0 bridgehead atoms. The first-order valence-electron chi connectivity index (χ1n) is 6.59. The number of aryl methyl sites for hydroxylation is 1. The highest BCUT2D eigenvalue weighted by atomic mass is 16.1. The summed E-state index contributed by atoms with van der Waals surface area (Å²) < 4.78 is 0. The molecule has 5 nitrogen and oxygen atoms in total. The number of nitrogens with one attached hydrogen (secondary N) is 2. The summed E-state index contributed by atoms with van der Waals surface area (Å²) in [7, 11) is 0. The maximum atomic E-state index is 11.9. The van der Waals surface area contributed by atoms with Crippen molar-refractivity contribution in [2.45, 2.75) is 19.8 Å². The Morgan fingerprint density at radius 2 is 2.15 bits per heavy atom. The van der Waals surface area contributed by atoms with Crippen molar-refractivity contribution in [3.05, 3.63) is 63.8 Å². The molecule has 0 fully saturated rings. The summed E-state index contributed by atoms with van der Waals surface area (Å²) in [5, 5.41) is 2.84. The highest BCUT2D eigenvalue weighted by molar-refractivity contribution is 5.93. The topological polar surface area (TPSA) is 74.8 Å². The predicted molar refractivity (Wildman–Crippen MR) is 76.7 cm³/mol. The lowest BCUT2D eigenvalue weighted by Crippen LogP contribution is -2.26. The summed E-state index contributed by atoms with van der Waals surface area (Å²) in [5.74, 6) is -0.128. The van der Waals surface area contributed by atoms with Crippen molar-refractivity contribution in [3.63, 3.8) is 0 Å². The minimum absolute atomic E-state index is 0.125. The maximum absolute atomic E-state index is 11.9. The fraction of sp³-hybridized carbons (Fsp3) is 0.267. The van der Waals surface area contributed by atoms with Crippen LogP contribution in [0.4, 0.5) is 0 Å². The zero-order chi connectivity index (χ0) is 14.4. The van der Waals surface area contributed by atoms with E-state index in [4.69, 9.17) is 0 Å². The Morgan fingerprint density at radius 1 is 1.30 bits per heavy atom. The quantitative estimate of drug-likeness (QED) is 0.861. The molecule has 20 heavy (non-hydrogen) atoms. The van der Waals surface area contributed by atoms with Gasteiger partial charge in [0.1, 0.15) is 0 Å². The molecule has 0 radical (unpaired) electrons. The Balaban J connectivity index is 1.88. The minimum Gasteiger partial charge on any atom is -0.352 e. The second kappa shape index (κ2) is 6.65. The lowest BCUT2D eigenvalue weighted by atomic mass is 10.1. The van der Waals surface area contributed by atoms with Crippen molar-refractivity contribution < 1.29 is 4.79 Å². The fourth-order valence-electron chi connectivity index (χ4n) is 1.83. The number of pyridine rings is 2. The van der Waals surface area contributed by atoms with E-state index in [1.165, 1.54) is 6.07 Å². The van der Waals surface area contributed by atoms with Crippen molar-refractivity contribution in [2.24, 2.45) is 0 Å². The second-order valence-corrected chi connectivity index (χ2v) is 4.50. The summed E-state index contributed by atoms with van der Waals surface area (Å²) in [4.78, 5) is 29.5. The number of carbonyl (C=O) groups is 1. The van der Waals surface area contributed by atoms with E-state index in [-0.39, 0.29) is 11.5 Å². The van der Waals surface area contributed by atoms with Crippen molar-refractivity contribution in [1.82, 2.24) is 15.3 Å². The van der Waals surface area contributed by atoms with Crippen LogP contribution in [0, 0.1) is 0 Å². The monoisotopic (exact) mass is 271 g/mol. The molecule has 2 rings (SSSR count). The van der Waals surface area contributed by atoms with Crippen LogP contribution in [0.15, 0.2) is 41.6 Å². The Morgan fingerprint density at radius 3 is 2.85 bits per heavy atom. The van der Waals surface area contributed by atoms with Crippen LogP contribution >= 0.6 is 0 Å². The molecule has 0 saturated heterocycles. The highest BCUT2D eigenvalue weighted by Crippen LogP contribution is 2.03. The normalized spacial score (nSPS) is 10.2. The van der Waals surface area contributed by atoms with Crippen molar-refractivity contribution in [2.75, 3.05) is 6.54 Å². The molecule has 0 saturated carbocycles. The Hall–Kier alpha value is -2.43. The number of hydrogen-bond acceptors (Lipinski definition) is 3. The summed E-state index contributed by atoms with van der Waals surface area (Å²) >= 11 is 0. The van der Waals surface area contributed by atoms with Crippen LogP contribution in [0.5, 0.6) is 0 Å². The molecule has 2 heterocycles. The van der Waals surface area contributed by atoms with Crippen molar-refractivity contribution >= 4 is 5.91 Å². The molecular formula is C15H17N3O2. The largest absolute Gasteiger partial charge is 0.352 e. The van der Waals surface area contributed by atoms with E-state index in [9.17, 15) is 9.59 Å². The third-order valence-corrected chi connectivity index (χ3v) is 3.01. The fourth-order valence-corrected chi connectivity index (χ4v) is 1.83. The summed E-state index contributed by atoms with van der Waals surface area (Å²) in [6.07, 6.45) is 6.51. The van der Waals surface area contributed by atoms with Gasteiger partial charge >= 0.3 is 0 Å². The molecule has 0 aliphatic carbocycles. The number of H-pyrrole nitrogens is 1. The number of carbonyl (C=O) groups excluding carboxylic acids is 1. The second-order valence-electron chi connectivity index (χ2n) is 4.50. The van der Waals surface area contributed by atoms with Gasteiger partial charge in [-0.2, -0.15) is 0 Å². The van der Waals surface area contributed by atoms with E-state index in [2.05, 4.69) is 15.3 Å². The third kappa shape index (κ3) is 3.78. The van der Waals surface area contributed by atoms with Gasteiger partial charge in [-0.15, -0.1) is 0 Å². The first-order chi connectivity index (χ1) is 9.69. The number of hydrogen-bond donors (Lipinski definition) is 2. The molecular weight excluding hydrogens is 254 g/mol. The van der Waals surface area contributed by atoms with Crippen LogP contribution in [-0.4, -0.2) is 22.4 Å². The van der Waals surface area contributed by atoms with Gasteiger partial charge in [-0.1, -0.05) is 13.0 Å². The van der Waals surface area contributed by atoms with E-state index >= 15 is 0 Å². The van der Waals surface area contributed by atoms with Gasteiger partial charge in [-0.05, 0) is 30.0 Å². The van der Waals surface area contributed by atoms with E-state index < -0.39 is 0 Å². The number of amides is 1. The van der Waals surface area contributed by atoms with Crippen molar-refractivity contribution in [3.8, 4) is 0 Å². The third-order valence-electron chi connectivity index (χ3n) is 3.01. The predicted octanol–water partition coefficient (Wildman–Crippen LogP) is 1.30. The molecule has 0 unspecified atom stereocenters. The molecule has 0 spiro atoms. The minimum atomic E-state index is -0.128. The average molecular weight is 271 g/mol. The summed E-state index contributed by atoms with van der Waals surface area (Å²) in [6.45, 7) is 2.54. The van der Waals surface area contributed by atoms with Crippen LogP contribution in [0.25, 0.3) is 0 Å². The van der Waals surface area contributed by atoms with Crippen LogP contribution < -0.4 is 10.9 Å². The standard InChI is InChI=1S/C15H17N3O2/c1-2-11-7-13(10-16-8-11)15(20)17-6-5-12-3-4-14(19)18-9-12/h3-4,7-10H,2,5-6H2,1H3,(H,17,20)(H,18,19). The number of nitrogens with zero attached hydrogens (tertiary/aromatic N) is 1. The van der Waals surface area contributed by atoms with E-state index in [0.29, 0.717) is 18.5 Å². The number of aromatic amines is 1. The van der Waals surface area contributed by atoms with Gasteiger partial charge in [0.25, 0.3) is 5.91 Å². The first kappa shape index (κ1) is 14.0. The summed E-state index contributed by atoms with van der Waals surface area (Å²) in [6, 6.07) is 5.08. The molecule has 2 aromatic heterocycles. The van der Waals surface area contributed by atoms with Gasteiger partial charge in [0, 0.05) is 31.2 Å². The molecule has 0 atom stereocenters. The average Bonchev–Trinajstić information content (AvgIpc) is 2.49. The van der Waals surface area contributed by atoms with Crippen LogP contribution in [0.2, 0.25) is 0 Å². The van der Waals surface area contributed by atoms with Gasteiger partial charge in [0.05, 0.1) is 5.56 Å². The summed E-state index contributed by atoms with van der Waals surface area (Å²) in [5.41, 5.74) is 2.47. The molecule has 0 aliphatic heterocycles. The Kier molecular flexibility index (Phi) is 4.65. The zero-order valence-electron chi connectivity index (χ0n) is 11.3. The van der Waals surface area contributed by atoms with Crippen LogP contribution in [0.1, 0.15) is 28.4 Å². The molecule has 104 valence electrons. The van der Waals surface area contributed by atoms with Gasteiger partial charge in [-0.3, -0.25) is 14.6 Å². The molecule has 5 heteroatoms. The lowest BCUT2D eigenvalue weighted by molar-refractivity contribution is 0.0953. The lowest BCUT2D eigenvalue weighted by Gasteiger charge is -2.06. The highest BCUT2D eigenvalue weighted by Gasteiger charge is 2.06. The smallest absolute Gasteiger partial charge is 0.252 e. The van der Waals surface area contributed by atoms with Crippen LogP contribution in [0.3, 0.4) is 0 Å². The molecule has 2 N–H and O–H groups in total. The molecule has 2 aromatic rings. The van der Waals surface area contributed by atoms with Crippen molar-refractivity contribution in [1.29, 1.82) is 0 Å². The number of aromatic nitrogens is 2. The van der Waals surface area contributed by atoms with Gasteiger partial charge < -0.3 is 10.3 Å². The molecule has 1 amide bonds. The van der Waals surface area contributed by atoms with Gasteiger partial charge in [-0.25, -0.2) is 0 Å². The molecule has 0 aliphatic rings. The van der Waals surface area contributed by atoms with E-state index in [0.717, 1.165) is 17.5 Å². The van der Waals surface area contributed by atoms with E-state index in [1.807, 2.05) is 13.0 Å². The Bertz CT molecular complexity index is 629. The molecule has 0 aromatic carbocycles. The SMILES string of the molecule is CCc1cncc(C(=O)NCCc2ccc(=O)[nH]c2)c1. The van der Waals surface area contributed by atoms with E-state index in [1.54, 1.807) is 24.7 Å². The first-order valence-corrected chi connectivity index (χ1v) is 6.59. The number of rotatable bonds is 5.